The van der Waals surface area contributed by atoms with Crippen molar-refractivity contribution >= 4 is 82.4 Å². The molecule has 0 spiro atoms. The number of hydrogen-bond donors (Lipinski definition) is 0. The lowest BCUT2D eigenvalue weighted by Gasteiger charge is -2.29. The topological polar surface area (TPSA) is 19.7 Å². The largest absolute Gasteiger partial charge is 0.313 e. The Morgan fingerprint density at radius 2 is 0.831 bits per heavy atom. The third-order valence-electron chi connectivity index (χ3n) is 20.4. The maximum absolute atomic E-state index is 2.62. The van der Waals surface area contributed by atoms with E-state index >= 15 is 0 Å². The van der Waals surface area contributed by atoms with Gasteiger partial charge in [0.15, 0.2) is 0 Å². The van der Waals surface area contributed by atoms with Crippen LogP contribution in [0.2, 0.25) is 0 Å². The maximum atomic E-state index is 2.62. The number of hydrogen-bond acceptors (Lipinski definition) is 0. The van der Waals surface area contributed by atoms with Crippen molar-refractivity contribution in [2.45, 2.75) is 99.3 Å². The highest BCUT2D eigenvalue weighted by molar-refractivity contribution is 6.12. The first-order valence-electron chi connectivity index (χ1n) is 33.2. The molecule has 0 radical (unpaired) electrons. The molecule has 5 unspecified atom stereocenters. The molecule has 4 nitrogen and oxygen atoms in total. The third kappa shape index (κ3) is 10.3. The number of rotatable bonds is 18. The molecule has 14 aromatic rings. The molecule has 5 atom stereocenters. The van der Waals surface area contributed by atoms with E-state index in [9.17, 15) is 0 Å². The minimum atomic E-state index is 0.414. The Bertz CT molecular complexity index is 4880. The summed E-state index contributed by atoms with van der Waals surface area (Å²) in [5.74, 6) is 3.94. The summed E-state index contributed by atoms with van der Waals surface area (Å²) in [5.41, 5.74) is 21.7. The predicted octanol–water partition coefficient (Wildman–Crippen LogP) is 23.3. The van der Waals surface area contributed by atoms with Gasteiger partial charge in [0.25, 0.3) is 0 Å². The highest BCUT2D eigenvalue weighted by Gasteiger charge is 2.27. The fraction of sp³-hybridized carbons (Fsp3) is 0.247. The Morgan fingerprint density at radius 1 is 0.371 bits per heavy atom. The van der Waals surface area contributed by atoms with E-state index in [1.165, 1.54) is 158 Å². The van der Waals surface area contributed by atoms with Crippen LogP contribution in [0.1, 0.15) is 109 Å². The summed E-state index contributed by atoms with van der Waals surface area (Å²) in [5, 5.41) is 9.06. The Balaban J connectivity index is 0.688. The van der Waals surface area contributed by atoms with Crippen molar-refractivity contribution in [1.29, 1.82) is 0 Å². The van der Waals surface area contributed by atoms with Gasteiger partial charge in [-0.25, -0.2) is 0 Å². The summed E-state index contributed by atoms with van der Waals surface area (Å²) >= 11 is 0. The summed E-state index contributed by atoms with van der Waals surface area (Å²) < 4.78 is 10.1. The number of benzene rings is 10. The second kappa shape index (κ2) is 23.4. The Labute approximate surface area is 525 Å². The van der Waals surface area contributed by atoms with E-state index in [1.54, 1.807) is 0 Å². The van der Waals surface area contributed by atoms with E-state index in [1.807, 2.05) is 0 Å². The van der Waals surface area contributed by atoms with Crippen LogP contribution in [-0.4, -0.2) is 18.3 Å². The fourth-order valence-corrected chi connectivity index (χ4v) is 16.0. The summed E-state index contributed by atoms with van der Waals surface area (Å²) in [4.78, 5) is 0. The van der Waals surface area contributed by atoms with Gasteiger partial charge in [0.2, 0.25) is 0 Å². The monoisotopic (exact) mass is 1160 g/mol. The van der Waals surface area contributed by atoms with Gasteiger partial charge < -0.3 is 18.3 Å². The van der Waals surface area contributed by atoms with E-state index in [-0.39, 0.29) is 0 Å². The maximum Gasteiger partial charge on any atom is 0.0541 e. The molecule has 0 N–H and O–H groups in total. The predicted molar refractivity (Wildman–Crippen MR) is 381 cm³/mol. The number of allylic oxidation sites excluding steroid dienone is 1. The second-order valence-corrected chi connectivity index (χ2v) is 27.3. The SMILES string of the molecule is CC(C)CC(Cc1cccc(-n2c3ccccc3c3cc(-c4cccc(-n5c6ccccc6c6ccccc65)c4)ccc32)c1)C(C)CCC(C)CC(Cc1cc(-n2c3c(c4ccccc42)C=CCC3C)cc(-n2c3ccccc3c3ccccc32)c1)C(C)C. The molecule has 1 aliphatic rings. The van der Waals surface area contributed by atoms with Crippen LogP contribution in [0.4, 0.5) is 0 Å². The molecule has 0 aliphatic heterocycles. The van der Waals surface area contributed by atoms with Crippen LogP contribution < -0.4 is 0 Å². The molecule has 89 heavy (non-hydrogen) atoms. The summed E-state index contributed by atoms with van der Waals surface area (Å²) in [7, 11) is 0. The zero-order chi connectivity index (χ0) is 60.4. The van der Waals surface area contributed by atoms with Gasteiger partial charge in [0.1, 0.15) is 0 Å². The molecular formula is C85H82N4. The standard InChI is InChI=1S/C85H82N4/c1-55(2)45-65(47-60-24-21-26-66(49-60)86-82-39-18-13-33-75(82)77-53-63(43-44-84(77)86)62-25-22-27-67(52-62)87-78-35-14-8-28-70(78)71-29-9-15-36-79(71)87)58(6)42-41-57(5)46-64(56(3)4)48-61-50-68(88-80-37-16-10-30-72(80)73-31-11-17-38-81(73)88)54-69(51-61)89-83-40-19-12-32-74(83)76-34-20-23-59(7)85(76)89/h8-22,24-40,43-44,49-59,64-65H,23,41-42,45-48H2,1-7H3. The molecule has 0 bridgehead atoms. The first kappa shape index (κ1) is 56.4. The lowest BCUT2D eigenvalue weighted by atomic mass is 9.77. The van der Waals surface area contributed by atoms with Gasteiger partial charge in [-0.1, -0.05) is 213 Å². The molecule has 0 saturated heterocycles. The lowest BCUT2D eigenvalue weighted by molar-refractivity contribution is 0.245. The molecule has 4 heteroatoms. The molecule has 0 saturated carbocycles. The summed E-state index contributed by atoms with van der Waals surface area (Å²) in [6, 6.07) is 86.8. The van der Waals surface area contributed by atoms with Crippen molar-refractivity contribution in [1.82, 2.24) is 18.3 Å². The van der Waals surface area contributed by atoms with Crippen LogP contribution in [-0.2, 0) is 12.8 Å². The molecule has 0 fully saturated rings. The van der Waals surface area contributed by atoms with E-state index in [0.717, 1.165) is 19.3 Å². The van der Waals surface area contributed by atoms with Crippen LogP contribution in [0.25, 0.3) is 116 Å². The van der Waals surface area contributed by atoms with Gasteiger partial charge in [-0.2, -0.15) is 0 Å². The van der Waals surface area contributed by atoms with Crippen LogP contribution >= 0.6 is 0 Å². The zero-order valence-electron chi connectivity index (χ0n) is 52.9. The molecule has 15 rings (SSSR count). The quantitative estimate of drug-likeness (QED) is 0.0816. The molecule has 1 aliphatic carbocycles. The van der Waals surface area contributed by atoms with Crippen LogP contribution in [0.3, 0.4) is 0 Å². The molecular weight excluding hydrogens is 1080 g/mol. The molecule has 0 amide bonds. The fourth-order valence-electron chi connectivity index (χ4n) is 16.0. The van der Waals surface area contributed by atoms with E-state index < -0.39 is 0 Å². The molecule has 442 valence electrons. The summed E-state index contributed by atoms with van der Waals surface area (Å²) in [6.07, 6.45) is 12.9. The number of fused-ring (bicyclic) bond motifs is 12. The minimum absolute atomic E-state index is 0.414. The molecule has 4 heterocycles. The Kier molecular flexibility index (Phi) is 14.8. The lowest BCUT2D eigenvalue weighted by Crippen LogP contribution is -2.20. The van der Waals surface area contributed by atoms with Gasteiger partial charge >= 0.3 is 0 Å². The van der Waals surface area contributed by atoms with Crippen molar-refractivity contribution in [3.05, 3.63) is 259 Å². The minimum Gasteiger partial charge on any atom is -0.313 e. The van der Waals surface area contributed by atoms with Gasteiger partial charge in [-0.05, 0) is 181 Å². The van der Waals surface area contributed by atoms with Crippen molar-refractivity contribution in [3.63, 3.8) is 0 Å². The van der Waals surface area contributed by atoms with E-state index in [0.29, 0.717) is 41.4 Å². The average molecular weight is 1160 g/mol. The first-order valence-corrected chi connectivity index (χ1v) is 33.2. The Hall–Kier alpha value is -9.12. The smallest absolute Gasteiger partial charge is 0.0541 e. The second-order valence-electron chi connectivity index (χ2n) is 27.3. The zero-order valence-corrected chi connectivity index (χ0v) is 52.9. The highest BCUT2D eigenvalue weighted by Crippen LogP contribution is 2.43. The molecule has 4 aromatic heterocycles. The van der Waals surface area contributed by atoms with Gasteiger partial charge in [0.05, 0.1) is 38.6 Å². The van der Waals surface area contributed by atoms with Crippen LogP contribution in [0, 0.1) is 35.5 Å². The van der Waals surface area contributed by atoms with E-state index in [4.69, 9.17) is 0 Å². The third-order valence-corrected chi connectivity index (χ3v) is 20.4. The van der Waals surface area contributed by atoms with E-state index in [2.05, 4.69) is 309 Å². The number of para-hydroxylation sites is 6. The van der Waals surface area contributed by atoms with Gasteiger partial charge in [0, 0.05) is 77.6 Å². The number of aromatic nitrogens is 4. The first-order chi connectivity index (χ1) is 43.5. The van der Waals surface area contributed by atoms with Gasteiger partial charge in [-0.15, -0.1) is 0 Å². The normalized spacial score (nSPS) is 15.0. The Morgan fingerprint density at radius 3 is 1.40 bits per heavy atom. The average Bonchev–Trinajstić information content (AvgIpc) is 3.25. The van der Waals surface area contributed by atoms with Gasteiger partial charge in [-0.3, -0.25) is 0 Å². The van der Waals surface area contributed by atoms with Crippen molar-refractivity contribution in [2.24, 2.45) is 35.5 Å². The highest BCUT2D eigenvalue weighted by atomic mass is 15.0. The van der Waals surface area contributed by atoms with Crippen molar-refractivity contribution < 1.29 is 0 Å². The summed E-state index contributed by atoms with van der Waals surface area (Å²) in [6.45, 7) is 17.3. The van der Waals surface area contributed by atoms with Crippen LogP contribution in [0.15, 0.2) is 237 Å². The van der Waals surface area contributed by atoms with Crippen LogP contribution in [0.5, 0.6) is 0 Å². The molecule has 10 aromatic carbocycles. The van der Waals surface area contributed by atoms with Crippen molar-refractivity contribution in [3.8, 4) is 33.9 Å². The van der Waals surface area contributed by atoms with Crippen molar-refractivity contribution in [2.75, 3.05) is 0 Å². The number of nitrogens with zero attached hydrogens (tertiary/aromatic N) is 4.